The van der Waals surface area contributed by atoms with Crippen LogP contribution in [0.4, 0.5) is 0 Å². The van der Waals surface area contributed by atoms with Crippen LogP contribution in [0, 0.1) is 0 Å². The first-order chi connectivity index (χ1) is 8.08. The highest BCUT2D eigenvalue weighted by Gasteiger charge is 2.23. The summed E-state index contributed by atoms with van der Waals surface area (Å²) in [6.07, 6.45) is 0.885. The number of carbonyl (C=O) groups is 1. The zero-order chi connectivity index (χ0) is 12.4. The molecule has 0 saturated heterocycles. The van der Waals surface area contributed by atoms with Crippen molar-refractivity contribution in [2.75, 3.05) is 6.54 Å². The Labute approximate surface area is 108 Å². The van der Waals surface area contributed by atoms with Crippen LogP contribution in [0.3, 0.4) is 0 Å². The van der Waals surface area contributed by atoms with Gasteiger partial charge in [0.1, 0.15) is 6.10 Å². The number of halogens is 1. The third kappa shape index (κ3) is 2.86. The van der Waals surface area contributed by atoms with Gasteiger partial charge >= 0.3 is 0 Å². The fraction of sp³-hybridized carbons (Fsp3) is 0.417. The number of benzene rings is 1. The number of nitrogens with two attached hydrogens (primary N) is 1. The van der Waals surface area contributed by atoms with E-state index in [4.69, 9.17) is 5.73 Å². The molecule has 2 atom stereocenters. The van der Waals surface area contributed by atoms with E-state index in [-0.39, 0.29) is 12.6 Å². The molecule has 0 aliphatic heterocycles. The van der Waals surface area contributed by atoms with E-state index >= 15 is 0 Å². The van der Waals surface area contributed by atoms with E-state index in [0.717, 1.165) is 17.3 Å². The molecule has 4 N–H and O–H groups in total. The predicted molar refractivity (Wildman–Crippen MR) is 68.4 cm³/mol. The molecule has 0 radical (unpaired) electrons. The quantitative estimate of drug-likeness (QED) is 0.772. The van der Waals surface area contributed by atoms with Gasteiger partial charge in [-0.05, 0) is 36.1 Å². The average molecular weight is 299 g/mol. The lowest BCUT2D eigenvalue weighted by Crippen LogP contribution is -2.38. The summed E-state index contributed by atoms with van der Waals surface area (Å²) in [6, 6.07) is 6.40. The summed E-state index contributed by atoms with van der Waals surface area (Å²) in [6.45, 7) is 0.200. The molecule has 5 heteroatoms. The Kier molecular flexibility index (Phi) is 3.81. The number of aryl methyl sites for hydroxylation is 1. The molecule has 0 fully saturated rings. The molecule has 0 bridgehead atoms. The van der Waals surface area contributed by atoms with Gasteiger partial charge in [-0.2, -0.15) is 0 Å². The van der Waals surface area contributed by atoms with E-state index in [2.05, 4.69) is 33.4 Å². The van der Waals surface area contributed by atoms with Gasteiger partial charge < -0.3 is 16.2 Å². The minimum absolute atomic E-state index is 0.191. The number of amides is 1. The fourth-order valence-electron chi connectivity index (χ4n) is 2.14. The maximum atomic E-state index is 10.7. The number of hydrogen-bond acceptors (Lipinski definition) is 3. The molecule has 0 aromatic heterocycles. The normalized spacial score (nSPS) is 20.0. The molecule has 0 heterocycles. The van der Waals surface area contributed by atoms with E-state index in [1.807, 2.05) is 6.07 Å². The van der Waals surface area contributed by atoms with Crippen LogP contribution >= 0.6 is 15.9 Å². The molecule has 1 aliphatic rings. The Morgan fingerprint density at radius 1 is 1.65 bits per heavy atom. The predicted octanol–water partition coefficient (Wildman–Crippen LogP) is 0.872. The summed E-state index contributed by atoms with van der Waals surface area (Å²) in [5.74, 6) is -0.690. The Bertz CT molecular complexity index is 437. The maximum Gasteiger partial charge on any atom is 0.247 e. The van der Waals surface area contributed by atoms with Crippen LogP contribution in [0.15, 0.2) is 22.7 Å². The largest absolute Gasteiger partial charge is 0.382 e. The van der Waals surface area contributed by atoms with E-state index in [1.165, 1.54) is 11.1 Å². The topological polar surface area (TPSA) is 75.4 Å². The molecule has 4 nitrogen and oxygen atoms in total. The highest BCUT2D eigenvalue weighted by Crippen LogP contribution is 2.32. The fourth-order valence-corrected chi connectivity index (χ4v) is 2.52. The molecule has 2 unspecified atom stereocenters. The second kappa shape index (κ2) is 5.16. The van der Waals surface area contributed by atoms with E-state index in [0.29, 0.717) is 0 Å². The van der Waals surface area contributed by atoms with Crippen molar-refractivity contribution in [2.24, 2.45) is 5.73 Å². The standard InChI is InChI=1S/C12H15BrN2O2/c13-8-3-1-7-2-4-10(9(7)5-8)15-6-11(16)12(14)17/h1,3,5,10-11,15-16H,2,4,6H2,(H2,14,17). The third-order valence-electron chi connectivity index (χ3n) is 3.07. The number of primary amides is 1. The maximum absolute atomic E-state index is 10.7. The van der Waals surface area contributed by atoms with Gasteiger partial charge in [0, 0.05) is 17.1 Å². The minimum atomic E-state index is -1.12. The second-order valence-electron chi connectivity index (χ2n) is 4.26. The van der Waals surface area contributed by atoms with Crippen LogP contribution in [0.5, 0.6) is 0 Å². The van der Waals surface area contributed by atoms with Crippen LogP contribution < -0.4 is 11.1 Å². The van der Waals surface area contributed by atoms with Crippen molar-refractivity contribution in [2.45, 2.75) is 25.0 Å². The summed E-state index contributed by atoms with van der Waals surface area (Å²) in [4.78, 5) is 10.7. The molecule has 1 aliphatic carbocycles. The molecule has 1 aromatic rings. The number of nitrogens with one attached hydrogen (secondary N) is 1. The van der Waals surface area contributed by atoms with Gasteiger partial charge in [0.25, 0.3) is 0 Å². The Hall–Kier alpha value is -0.910. The molecular weight excluding hydrogens is 284 g/mol. The van der Waals surface area contributed by atoms with Crippen LogP contribution in [0.25, 0.3) is 0 Å². The summed E-state index contributed by atoms with van der Waals surface area (Å²) in [7, 11) is 0. The number of fused-ring (bicyclic) bond motifs is 1. The van der Waals surface area contributed by atoms with Crippen LogP contribution in [-0.2, 0) is 11.2 Å². The Morgan fingerprint density at radius 2 is 2.41 bits per heavy atom. The Morgan fingerprint density at radius 3 is 3.12 bits per heavy atom. The number of hydrogen-bond donors (Lipinski definition) is 3. The van der Waals surface area contributed by atoms with Gasteiger partial charge in [0.05, 0.1) is 0 Å². The van der Waals surface area contributed by atoms with Crippen molar-refractivity contribution >= 4 is 21.8 Å². The summed E-state index contributed by atoms with van der Waals surface area (Å²) in [5, 5.41) is 12.5. The zero-order valence-electron chi connectivity index (χ0n) is 9.32. The number of aliphatic hydroxyl groups excluding tert-OH is 1. The van der Waals surface area contributed by atoms with Crippen molar-refractivity contribution in [3.8, 4) is 0 Å². The molecule has 1 aromatic carbocycles. The minimum Gasteiger partial charge on any atom is -0.382 e. The summed E-state index contributed by atoms with van der Waals surface area (Å²) < 4.78 is 1.04. The molecular formula is C12H15BrN2O2. The lowest BCUT2D eigenvalue weighted by Gasteiger charge is -2.16. The zero-order valence-corrected chi connectivity index (χ0v) is 10.9. The molecule has 0 spiro atoms. The SMILES string of the molecule is NC(=O)C(O)CNC1CCc2ccc(Br)cc21. The van der Waals surface area contributed by atoms with Gasteiger partial charge in [-0.15, -0.1) is 0 Å². The third-order valence-corrected chi connectivity index (χ3v) is 3.56. The number of aliphatic hydroxyl groups is 1. The number of rotatable bonds is 4. The van der Waals surface area contributed by atoms with Crippen LogP contribution in [0.1, 0.15) is 23.6 Å². The average Bonchev–Trinajstić information content (AvgIpc) is 2.68. The molecule has 2 rings (SSSR count). The first kappa shape index (κ1) is 12.5. The van der Waals surface area contributed by atoms with E-state index < -0.39 is 12.0 Å². The molecule has 1 amide bonds. The summed E-state index contributed by atoms with van der Waals surface area (Å²) in [5.41, 5.74) is 7.55. The van der Waals surface area contributed by atoms with Crippen molar-refractivity contribution in [1.29, 1.82) is 0 Å². The highest BCUT2D eigenvalue weighted by molar-refractivity contribution is 9.10. The lowest BCUT2D eigenvalue weighted by atomic mass is 10.1. The van der Waals surface area contributed by atoms with E-state index in [1.54, 1.807) is 0 Å². The number of carbonyl (C=O) groups excluding carboxylic acids is 1. The smallest absolute Gasteiger partial charge is 0.247 e. The van der Waals surface area contributed by atoms with E-state index in [9.17, 15) is 9.90 Å². The van der Waals surface area contributed by atoms with Gasteiger partial charge in [0.15, 0.2) is 0 Å². The summed E-state index contributed by atoms with van der Waals surface area (Å²) >= 11 is 3.44. The van der Waals surface area contributed by atoms with Gasteiger partial charge in [0.2, 0.25) is 5.91 Å². The molecule has 17 heavy (non-hydrogen) atoms. The van der Waals surface area contributed by atoms with Crippen molar-refractivity contribution in [3.63, 3.8) is 0 Å². The van der Waals surface area contributed by atoms with Crippen LogP contribution in [-0.4, -0.2) is 23.7 Å². The lowest BCUT2D eigenvalue weighted by molar-refractivity contribution is -0.125. The van der Waals surface area contributed by atoms with Crippen LogP contribution in [0.2, 0.25) is 0 Å². The second-order valence-corrected chi connectivity index (χ2v) is 5.18. The van der Waals surface area contributed by atoms with Crippen molar-refractivity contribution in [3.05, 3.63) is 33.8 Å². The van der Waals surface area contributed by atoms with Gasteiger partial charge in [-0.25, -0.2) is 0 Å². The molecule has 0 saturated carbocycles. The molecule has 92 valence electrons. The Balaban J connectivity index is 2.02. The first-order valence-electron chi connectivity index (χ1n) is 5.57. The highest BCUT2D eigenvalue weighted by atomic mass is 79.9. The monoisotopic (exact) mass is 298 g/mol. The van der Waals surface area contributed by atoms with Crippen molar-refractivity contribution in [1.82, 2.24) is 5.32 Å². The van der Waals surface area contributed by atoms with Gasteiger partial charge in [-0.3, -0.25) is 4.79 Å². The van der Waals surface area contributed by atoms with Gasteiger partial charge in [-0.1, -0.05) is 22.0 Å². The van der Waals surface area contributed by atoms with Crippen molar-refractivity contribution < 1.29 is 9.90 Å². The first-order valence-corrected chi connectivity index (χ1v) is 6.36.